The third-order valence-electron chi connectivity index (χ3n) is 6.08. The normalized spacial score (nSPS) is 27.9. The summed E-state index contributed by atoms with van der Waals surface area (Å²) in [6, 6.07) is 8.35. The van der Waals surface area contributed by atoms with Gasteiger partial charge in [-0.05, 0) is 56.6 Å². The molecule has 1 aromatic carbocycles. The Labute approximate surface area is 154 Å². The number of nitrogens with two attached hydrogens (primary N) is 1. The van der Waals surface area contributed by atoms with Crippen molar-refractivity contribution in [2.75, 3.05) is 0 Å². The molecule has 2 unspecified atom stereocenters. The Morgan fingerprint density at radius 3 is 2.62 bits per heavy atom. The highest BCUT2D eigenvalue weighted by atomic mass is 16.3. The molecule has 5 nitrogen and oxygen atoms in total. The standard InChI is InChI=1S/C21H27N3O2/c1-13-5-7-14(8-6-13)21-24-18(12-26-21)11-23-20(25)17-9-15-3-2-4-16(10-17)19(15)22/h5-8,12,15-17,19H,2-4,9-11,22H2,1H3,(H,23,25). The molecule has 2 aliphatic rings. The van der Waals surface area contributed by atoms with Crippen LogP contribution in [0.15, 0.2) is 34.9 Å². The lowest BCUT2D eigenvalue weighted by molar-refractivity contribution is -0.128. The summed E-state index contributed by atoms with van der Waals surface area (Å²) >= 11 is 0. The fourth-order valence-electron chi connectivity index (χ4n) is 4.54. The summed E-state index contributed by atoms with van der Waals surface area (Å²) in [6.45, 7) is 2.46. The number of hydrogen-bond acceptors (Lipinski definition) is 4. The highest BCUT2D eigenvalue weighted by molar-refractivity contribution is 5.78. The van der Waals surface area contributed by atoms with E-state index < -0.39 is 0 Å². The quantitative estimate of drug-likeness (QED) is 0.882. The van der Waals surface area contributed by atoms with E-state index in [0.29, 0.717) is 30.3 Å². The second-order valence-electron chi connectivity index (χ2n) is 7.92. The van der Waals surface area contributed by atoms with Crippen molar-refractivity contribution in [1.29, 1.82) is 0 Å². The van der Waals surface area contributed by atoms with Crippen LogP contribution < -0.4 is 11.1 Å². The van der Waals surface area contributed by atoms with Gasteiger partial charge in [-0.25, -0.2) is 4.98 Å². The van der Waals surface area contributed by atoms with Gasteiger partial charge < -0.3 is 15.5 Å². The predicted molar refractivity (Wildman–Crippen MR) is 100 cm³/mol. The molecule has 1 aromatic heterocycles. The number of fused-ring (bicyclic) bond motifs is 2. The minimum atomic E-state index is 0.0913. The van der Waals surface area contributed by atoms with E-state index in [1.165, 1.54) is 24.8 Å². The molecule has 5 heteroatoms. The Morgan fingerprint density at radius 2 is 1.92 bits per heavy atom. The highest BCUT2D eigenvalue weighted by Gasteiger charge is 2.40. The van der Waals surface area contributed by atoms with Gasteiger partial charge in [0.15, 0.2) is 0 Å². The SMILES string of the molecule is Cc1ccc(-c2nc(CNC(=O)C3CC4CCCC(C3)C4N)co2)cc1. The van der Waals surface area contributed by atoms with E-state index in [2.05, 4.69) is 10.3 Å². The van der Waals surface area contributed by atoms with Crippen LogP contribution in [-0.4, -0.2) is 16.9 Å². The first-order valence-corrected chi connectivity index (χ1v) is 9.65. The summed E-state index contributed by atoms with van der Waals surface area (Å²) in [5.41, 5.74) is 9.22. The first-order chi connectivity index (χ1) is 12.6. The fraction of sp³-hybridized carbons (Fsp3) is 0.524. The van der Waals surface area contributed by atoms with Crippen molar-refractivity contribution in [3.05, 3.63) is 41.8 Å². The summed E-state index contributed by atoms with van der Waals surface area (Å²) in [5, 5.41) is 3.04. The molecule has 2 bridgehead atoms. The van der Waals surface area contributed by atoms with E-state index in [-0.39, 0.29) is 11.8 Å². The van der Waals surface area contributed by atoms with Gasteiger partial charge in [-0.15, -0.1) is 0 Å². The van der Waals surface area contributed by atoms with Gasteiger partial charge in [0.05, 0.1) is 12.2 Å². The van der Waals surface area contributed by atoms with Crippen LogP contribution in [0.5, 0.6) is 0 Å². The molecule has 1 heterocycles. The first-order valence-electron chi connectivity index (χ1n) is 9.65. The number of amides is 1. The third-order valence-corrected chi connectivity index (χ3v) is 6.08. The molecule has 138 valence electrons. The summed E-state index contributed by atoms with van der Waals surface area (Å²) in [7, 11) is 0. The molecule has 2 aromatic rings. The van der Waals surface area contributed by atoms with E-state index in [0.717, 1.165) is 24.1 Å². The summed E-state index contributed by atoms with van der Waals surface area (Å²) in [4.78, 5) is 17.1. The van der Waals surface area contributed by atoms with Crippen LogP contribution >= 0.6 is 0 Å². The van der Waals surface area contributed by atoms with Crippen molar-refractivity contribution < 1.29 is 9.21 Å². The van der Waals surface area contributed by atoms with E-state index in [9.17, 15) is 4.79 Å². The summed E-state index contributed by atoms with van der Waals surface area (Å²) in [5.74, 6) is 1.84. The Kier molecular flexibility index (Phi) is 4.81. The van der Waals surface area contributed by atoms with Crippen LogP contribution in [0.1, 0.15) is 43.4 Å². The van der Waals surface area contributed by atoms with Crippen LogP contribution in [0.2, 0.25) is 0 Å². The molecule has 4 rings (SSSR count). The maximum atomic E-state index is 12.6. The second-order valence-corrected chi connectivity index (χ2v) is 7.92. The number of aryl methyl sites for hydroxylation is 1. The third kappa shape index (κ3) is 3.54. The fourth-order valence-corrected chi connectivity index (χ4v) is 4.54. The van der Waals surface area contributed by atoms with Crippen LogP contribution in [0.25, 0.3) is 11.5 Å². The van der Waals surface area contributed by atoms with Crippen LogP contribution in [-0.2, 0) is 11.3 Å². The molecule has 2 atom stereocenters. The van der Waals surface area contributed by atoms with Crippen molar-refractivity contribution in [2.45, 2.75) is 51.6 Å². The monoisotopic (exact) mass is 353 g/mol. The number of carbonyl (C=O) groups excluding carboxylic acids is 1. The molecule has 1 amide bonds. The number of carbonyl (C=O) groups is 1. The van der Waals surface area contributed by atoms with Crippen molar-refractivity contribution in [2.24, 2.45) is 23.5 Å². The van der Waals surface area contributed by atoms with E-state index in [4.69, 9.17) is 10.2 Å². The smallest absolute Gasteiger partial charge is 0.226 e. The maximum absolute atomic E-state index is 12.6. The molecule has 2 aliphatic carbocycles. The minimum absolute atomic E-state index is 0.0913. The maximum Gasteiger partial charge on any atom is 0.226 e. The van der Waals surface area contributed by atoms with Crippen molar-refractivity contribution in [3.8, 4) is 11.5 Å². The van der Waals surface area contributed by atoms with Gasteiger partial charge in [0.25, 0.3) is 0 Å². The number of oxazole rings is 1. The molecule has 0 aliphatic heterocycles. The first kappa shape index (κ1) is 17.3. The lowest BCUT2D eigenvalue weighted by Crippen LogP contribution is -2.49. The summed E-state index contributed by atoms with van der Waals surface area (Å²) in [6.07, 6.45) is 7.09. The number of rotatable bonds is 4. The number of nitrogens with zero attached hydrogens (tertiary/aromatic N) is 1. The lowest BCUT2D eigenvalue weighted by Gasteiger charge is -2.43. The van der Waals surface area contributed by atoms with Gasteiger partial charge in [0.1, 0.15) is 6.26 Å². The Morgan fingerprint density at radius 1 is 1.23 bits per heavy atom. The Hall–Kier alpha value is -2.14. The van der Waals surface area contributed by atoms with Gasteiger partial charge in [-0.3, -0.25) is 4.79 Å². The number of aromatic nitrogens is 1. The molecule has 26 heavy (non-hydrogen) atoms. The highest BCUT2D eigenvalue weighted by Crippen LogP contribution is 2.41. The predicted octanol–water partition coefficient (Wildman–Crippen LogP) is 3.42. The largest absolute Gasteiger partial charge is 0.444 e. The van der Waals surface area contributed by atoms with E-state index >= 15 is 0 Å². The van der Waals surface area contributed by atoms with Gasteiger partial charge in [0, 0.05) is 17.5 Å². The van der Waals surface area contributed by atoms with E-state index in [1.54, 1.807) is 6.26 Å². The topological polar surface area (TPSA) is 81.2 Å². The summed E-state index contributed by atoms with van der Waals surface area (Å²) < 4.78 is 5.56. The van der Waals surface area contributed by atoms with Gasteiger partial charge >= 0.3 is 0 Å². The molecular weight excluding hydrogens is 326 g/mol. The lowest BCUT2D eigenvalue weighted by atomic mass is 9.65. The molecule has 0 radical (unpaired) electrons. The Balaban J connectivity index is 1.34. The second kappa shape index (κ2) is 7.23. The van der Waals surface area contributed by atoms with Gasteiger partial charge in [-0.2, -0.15) is 0 Å². The average molecular weight is 353 g/mol. The number of hydrogen-bond donors (Lipinski definition) is 2. The Bertz CT molecular complexity index is 754. The molecule has 3 N–H and O–H groups in total. The van der Waals surface area contributed by atoms with E-state index in [1.807, 2.05) is 31.2 Å². The van der Waals surface area contributed by atoms with Gasteiger partial charge in [0.2, 0.25) is 11.8 Å². The minimum Gasteiger partial charge on any atom is -0.444 e. The van der Waals surface area contributed by atoms with Gasteiger partial charge in [-0.1, -0.05) is 24.1 Å². The van der Waals surface area contributed by atoms with Crippen LogP contribution in [0, 0.1) is 24.7 Å². The zero-order valence-electron chi connectivity index (χ0n) is 15.3. The van der Waals surface area contributed by atoms with Crippen LogP contribution in [0.4, 0.5) is 0 Å². The van der Waals surface area contributed by atoms with Crippen molar-refractivity contribution >= 4 is 5.91 Å². The molecule has 2 saturated carbocycles. The zero-order chi connectivity index (χ0) is 18.1. The molecular formula is C21H27N3O2. The zero-order valence-corrected chi connectivity index (χ0v) is 15.3. The van der Waals surface area contributed by atoms with Crippen LogP contribution in [0.3, 0.4) is 0 Å². The van der Waals surface area contributed by atoms with Crippen molar-refractivity contribution in [3.63, 3.8) is 0 Å². The molecule has 0 saturated heterocycles. The average Bonchev–Trinajstić information content (AvgIpc) is 3.09. The number of nitrogens with one attached hydrogen (secondary N) is 1. The van der Waals surface area contributed by atoms with Crippen molar-refractivity contribution in [1.82, 2.24) is 10.3 Å². The number of benzene rings is 1. The molecule has 0 spiro atoms. The molecule has 2 fully saturated rings.